The molecule has 4 saturated carbocycles. The normalized spacial score (nSPS) is 42.2. The van der Waals surface area contributed by atoms with Crippen LogP contribution in [0.15, 0.2) is 0 Å². The van der Waals surface area contributed by atoms with Gasteiger partial charge in [0, 0.05) is 6.92 Å². The molecule has 0 radical (unpaired) electrons. The molecule has 4 aliphatic carbocycles. The molecule has 2 nitrogen and oxygen atoms in total. The molecule has 0 aromatic carbocycles. The van der Waals surface area contributed by atoms with Crippen molar-refractivity contribution in [2.45, 2.75) is 57.7 Å². The maximum absolute atomic E-state index is 13.3. The number of ether oxygens (including phenoxy) is 1. The topological polar surface area (TPSA) is 26.3 Å². The van der Waals surface area contributed by atoms with Crippen molar-refractivity contribution in [1.82, 2.24) is 0 Å². The van der Waals surface area contributed by atoms with Gasteiger partial charge in [0.15, 0.2) is 0 Å². The molecule has 0 aliphatic heterocycles. The van der Waals surface area contributed by atoms with E-state index in [1.807, 2.05) is 0 Å². The lowest BCUT2D eigenvalue weighted by Crippen LogP contribution is -2.51. The number of esters is 1. The number of hydrogen-bond donors (Lipinski definition) is 0. The Hall–Kier alpha value is -0.740. The summed E-state index contributed by atoms with van der Waals surface area (Å²) >= 11 is 0. The maximum atomic E-state index is 13.3. The molecular formula is C14H19F3O2. The van der Waals surface area contributed by atoms with Crippen molar-refractivity contribution < 1.29 is 22.7 Å². The summed E-state index contributed by atoms with van der Waals surface area (Å²) in [5, 5.41) is 0. The Balaban J connectivity index is 1.73. The number of alkyl halides is 3. The highest BCUT2D eigenvalue weighted by Gasteiger charge is 2.56. The van der Waals surface area contributed by atoms with Gasteiger partial charge >= 0.3 is 18.2 Å². The third-order valence-corrected chi connectivity index (χ3v) is 5.08. The monoisotopic (exact) mass is 276 g/mol. The van der Waals surface area contributed by atoms with Crippen molar-refractivity contribution in [3.8, 4) is 0 Å². The average molecular weight is 276 g/mol. The lowest BCUT2D eigenvalue weighted by Gasteiger charge is -2.55. The van der Waals surface area contributed by atoms with Gasteiger partial charge in [0.05, 0.1) is 5.41 Å². The van der Waals surface area contributed by atoms with Gasteiger partial charge in [-0.15, -0.1) is 0 Å². The van der Waals surface area contributed by atoms with Crippen molar-refractivity contribution in [3.05, 3.63) is 0 Å². The first kappa shape index (κ1) is 13.3. The van der Waals surface area contributed by atoms with E-state index in [1.165, 1.54) is 0 Å². The van der Waals surface area contributed by atoms with Crippen LogP contribution in [-0.4, -0.2) is 18.2 Å². The third kappa shape index (κ3) is 2.25. The Labute approximate surface area is 110 Å². The summed E-state index contributed by atoms with van der Waals surface area (Å²) in [6.45, 7) is 0.435. The zero-order chi connectivity index (χ0) is 13.8. The van der Waals surface area contributed by atoms with E-state index >= 15 is 0 Å². The molecule has 0 N–H and O–H groups in total. The van der Waals surface area contributed by atoms with Crippen molar-refractivity contribution in [2.75, 3.05) is 0 Å². The molecule has 5 heteroatoms. The van der Waals surface area contributed by atoms with E-state index in [2.05, 4.69) is 4.74 Å². The highest BCUT2D eigenvalue weighted by atomic mass is 19.3. The molecule has 19 heavy (non-hydrogen) atoms. The van der Waals surface area contributed by atoms with Gasteiger partial charge in [-0.25, -0.2) is 0 Å². The summed E-state index contributed by atoms with van der Waals surface area (Å²) in [6.07, 6.45) is 2.66. The van der Waals surface area contributed by atoms with Crippen molar-refractivity contribution in [1.29, 1.82) is 0 Å². The number of hydrogen-bond acceptors (Lipinski definition) is 2. The lowest BCUT2D eigenvalue weighted by atomic mass is 9.49. The molecule has 1 atom stereocenters. The summed E-state index contributed by atoms with van der Waals surface area (Å²) in [7, 11) is 0. The van der Waals surface area contributed by atoms with Gasteiger partial charge in [0.1, 0.15) is 0 Å². The van der Waals surface area contributed by atoms with E-state index in [0.29, 0.717) is 43.9 Å². The zero-order valence-corrected chi connectivity index (χ0v) is 11.0. The molecule has 0 aromatic rings. The second-order valence-electron chi connectivity index (χ2n) is 6.88. The molecule has 1 unspecified atom stereocenters. The van der Waals surface area contributed by atoms with E-state index in [0.717, 1.165) is 19.3 Å². The minimum atomic E-state index is -3.63. The first-order valence-electron chi connectivity index (χ1n) is 7.01. The average Bonchev–Trinajstić information content (AvgIpc) is 2.25. The summed E-state index contributed by atoms with van der Waals surface area (Å²) in [5.41, 5.74) is -0.676. The summed E-state index contributed by atoms with van der Waals surface area (Å²) < 4.78 is 43.3. The molecule has 0 heterocycles. The summed E-state index contributed by atoms with van der Waals surface area (Å²) in [4.78, 5) is 12.2. The smallest absolute Gasteiger partial charge is 0.314 e. The molecule has 4 aliphatic rings. The molecule has 4 fully saturated rings. The standard InChI is InChI=1S/C14H19F3O2/c1-13(16,17)11(15)19-12(18)14-5-8-2-9(6-14)4-10(3-8)7-14/h8-11H,2-7H2,1H3. The number of rotatable bonds is 3. The fraction of sp³-hybridized carbons (Fsp3) is 0.929. The van der Waals surface area contributed by atoms with Crippen LogP contribution in [0.4, 0.5) is 13.2 Å². The molecule has 4 bridgehead atoms. The second-order valence-corrected chi connectivity index (χ2v) is 6.88. The van der Waals surface area contributed by atoms with Gasteiger partial charge in [-0.2, -0.15) is 13.2 Å². The van der Waals surface area contributed by atoms with Crippen LogP contribution in [0.1, 0.15) is 45.4 Å². The molecule has 108 valence electrons. The zero-order valence-electron chi connectivity index (χ0n) is 11.0. The predicted octanol–water partition coefficient (Wildman–Crippen LogP) is 3.70. The Kier molecular flexibility index (Phi) is 2.88. The number of carbonyl (C=O) groups excluding carboxylic acids is 1. The Morgan fingerprint density at radius 2 is 1.58 bits per heavy atom. The van der Waals surface area contributed by atoms with E-state index in [-0.39, 0.29) is 0 Å². The van der Waals surface area contributed by atoms with Crippen LogP contribution in [0.3, 0.4) is 0 Å². The third-order valence-electron chi connectivity index (χ3n) is 5.08. The van der Waals surface area contributed by atoms with Crippen LogP contribution < -0.4 is 0 Å². The largest absolute Gasteiger partial charge is 0.424 e. The fourth-order valence-electron chi connectivity index (χ4n) is 4.68. The van der Waals surface area contributed by atoms with Crippen LogP contribution in [0.2, 0.25) is 0 Å². The highest BCUT2D eigenvalue weighted by molar-refractivity contribution is 5.77. The maximum Gasteiger partial charge on any atom is 0.314 e. The van der Waals surface area contributed by atoms with Crippen LogP contribution >= 0.6 is 0 Å². The molecule has 0 spiro atoms. The van der Waals surface area contributed by atoms with Gasteiger partial charge in [0.2, 0.25) is 0 Å². The van der Waals surface area contributed by atoms with Crippen molar-refractivity contribution in [3.63, 3.8) is 0 Å². The van der Waals surface area contributed by atoms with E-state index in [4.69, 9.17) is 0 Å². The molecular weight excluding hydrogens is 257 g/mol. The summed E-state index contributed by atoms with van der Waals surface area (Å²) in [5.74, 6) is -2.87. The fourth-order valence-corrected chi connectivity index (χ4v) is 4.68. The minimum absolute atomic E-state index is 0.435. The summed E-state index contributed by atoms with van der Waals surface area (Å²) in [6, 6.07) is 0. The van der Waals surface area contributed by atoms with Gasteiger partial charge in [-0.3, -0.25) is 4.79 Å². The molecule has 0 aromatic heterocycles. The Morgan fingerprint density at radius 3 is 1.95 bits per heavy atom. The first-order chi connectivity index (χ1) is 8.78. The predicted molar refractivity (Wildman–Crippen MR) is 62.2 cm³/mol. The molecule has 0 saturated heterocycles. The van der Waals surface area contributed by atoms with E-state index in [9.17, 15) is 18.0 Å². The second kappa shape index (κ2) is 4.13. The quantitative estimate of drug-likeness (QED) is 0.735. The van der Waals surface area contributed by atoms with E-state index < -0.39 is 23.7 Å². The minimum Gasteiger partial charge on any atom is -0.424 e. The van der Waals surface area contributed by atoms with E-state index in [1.54, 1.807) is 0 Å². The van der Waals surface area contributed by atoms with Gasteiger partial charge < -0.3 is 4.74 Å². The first-order valence-corrected chi connectivity index (χ1v) is 7.01. The Bertz CT molecular complexity index is 353. The van der Waals surface area contributed by atoms with Crippen molar-refractivity contribution in [2.24, 2.45) is 23.2 Å². The van der Waals surface area contributed by atoms with Gasteiger partial charge in [0.25, 0.3) is 0 Å². The Morgan fingerprint density at radius 1 is 1.16 bits per heavy atom. The molecule has 0 amide bonds. The van der Waals surface area contributed by atoms with Crippen LogP contribution in [0.5, 0.6) is 0 Å². The highest BCUT2D eigenvalue weighted by Crippen LogP contribution is 2.60. The van der Waals surface area contributed by atoms with Crippen molar-refractivity contribution >= 4 is 5.97 Å². The van der Waals surface area contributed by atoms with Crippen LogP contribution in [-0.2, 0) is 9.53 Å². The molecule has 4 rings (SSSR count). The van der Waals surface area contributed by atoms with Crippen LogP contribution in [0, 0.1) is 23.2 Å². The van der Waals surface area contributed by atoms with Gasteiger partial charge in [-0.05, 0) is 56.3 Å². The number of halogens is 3. The lowest BCUT2D eigenvalue weighted by molar-refractivity contribution is -0.216. The SMILES string of the molecule is CC(F)(F)C(F)OC(=O)C12CC3CC(CC(C3)C1)C2. The number of carbonyl (C=O) groups is 1. The van der Waals surface area contributed by atoms with Crippen LogP contribution in [0.25, 0.3) is 0 Å². The van der Waals surface area contributed by atoms with Gasteiger partial charge in [-0.1, -0.05) is 0 Å².